The molecule has 1 aromatic heterocycles. The van der Waals surface area contributed by atoms with E-state index in [0.29, 0.717) is 23.8 Å². The van der Waals surface area contributed by atoms with Crippen molar-refractivity contribution in [2.45, 2.75) is 99.8 Å². The van der Waals surface area contributed by atoms with Gasteiger partial charge in [-0.2, -0.15) is 0 Å². The Morgan fingerprint density at radius 1 is 1.17 bits per heavy atom. The number of carbonyl (C=O) groups is 4. The number of rotatable bonds is 11. The number of nitrogens with one attached hydrogen (secondary N) is 3. The second kappa shape index (κ2) is 13.4. The molecule has 2 heterocycles. The molecule has 0 spiro atoms. The summed E-state index contributed by atoms with van der Waals surface area (Å²) in [5.41, 5.74) is -2.33. The van der Waals surface area contributed by atoms with Gasteiger partial charge >= 0.3 is 6.09 Å². The van der Waals surface area contributed by atoms with Crippen molar-refractivity contribution < 1.29 is 32.3 Å². The van der Waals surface area contributed by atoms with Crippen LogP contribution in [0.5, 0.6) is 0 Å². The normalized spacial score (nSPS) is 25.2. The van der Waals surface area contributed by atoms with Crippen LogP contribution in [0.25, 0.3) is 0 Å². The van der Waals surface area contributed by atoms with Crippen LogP contribution in [0.3, 0.4) is 0 Å². The van der Waals surface area contributed by atoms with E-state index in [1.165, 1.54) is 28.8 Å². The van der Waals surface area contributed by atoms with Crippen LogP contribution in [0.15, 0.2) is 23.9 Å². The number of thioether (sulfide) groups is 1. The number of nitrogens with zero attached hydrogens (tertiary/aromatic N) is 4. The van der Waals surface area contributed by atoms with Gasteiger partial charge in [-0.25, -0.2) is 23.2 Å². The van der Waals surface area contributed by atoms with Gasteiger partial charge in [-0.1, -0.05) is 50.2 Å². The minimum atomic E-state index is -3.88. The van der Waals surface area contributed by atoms with Crippen LogP contribution in [0, 0.1) is 11.3 Å². The molecule has 47 heavy (non-hydrogen) atoms. The van der Waals surface area contributed by atoms with Gasteiger partial charge < -0.3 is 25.2 Å². The molecule has 0 unspecified atom stereocenters. The highest BCUT2D eigenvalue weighted by molar-refractivity contribution is 7.98. The number of hydrogen-bond donors (Lipinski definition) is 3. The van der Waals surface area contributed by atoms with E-state index in [-0.39, 0.29) is 30.9 Å². The van der Waals surface area contributed by atoms with E-state index in [4.69, 9.17) is 16.3 Å². The van der Waals surface area contributed by atoms with E-state index in [0.717, 1.165) is 25.7 Å². The summed E-state index contributed by atoms with van der Waals surface area (Å²) < 4.78 is 32.9. The molecule has 17 heteroatoms. The fourth-order valence-corrected chi connectivity index (χ4v) is 8.01. The zero-order valence-electron chi connectivity index (χ0n) is 27.0. The van der Waals surface area contributed by atoms with Crippen molar-refractivity contribution in [1.29, 1.82) is 0 Å². The maximum Gasteiger partial charge on any atom is 0.408 e. The van der Waals surface area contributed by atoms with E-state index in [2.05, 4.69) is 31.9 Å². The van der Waals surface area contributed by atoms with E-state index < -0.39 is 68.0 Å². The minimum absolute atomic E-state index is 0.0288. The summed E-state index contributed by atoms with van der Waals surface area (Å²) in [6.45, 7) is 9.01. The van der Waals surface area contributed by atoms with E-state index in [1.807, 2.05) is 0 Å². The van der Waals surface area contributed by atoms with Crippen LogP contribution in [0.2, 0.25) is 5.15 Å². The van der Waals surface area contributed by atoms with Gasteiger partial charge in [0.05, 0.1) is 18.5 Å². The zero-order chi connectivity index (χ0) is 34.3. The van der Waals surface area contributed by atoms with Crippen LogP contribution < -0.4 is 20.3 Å². The maximum atomic E-state index is 14.4. The predicted molar refractivity (Wildman–Crippen MR) is 176 cm³/mol. The Labute approximate surface area is 284 Å². The molecule has 1 aliphatic heterocycles. The lowest BCUT2D eigenvalue weighted by Crippen LogP contribution is -2.60. The molecule has 0 bridgehead atoms. The van der Waals surface area contributed by atoms with Gasteiger partial charge in [0.15, 0.2) is 5.16 Å². The molecule has 4 fully saturated rings. The maximum absolute atomic E-state index is 14.4. The number of alkyl carbamates (subject to hydrolysis) is 1. The zero-order valence-corrected chi connectivity index (χ0v) is 29.3. The molecule has 3 saturated carbocycles. The third-order valence-corrected chi connectivity index (χ3v) is 11.6. The van der Waals surface area contributed by atoms with Crippen molar-refractivity contribution >= 4 is 63.0 Å². The third kappa shape index (κ3) is 7.80. The second-order valence-electron chi connectivity index (χ2n) is 13.7. The molecule has 1 saturated heterocycles. The third-order valence-electron chi connectivity index (χ3n) is 9.05. The van der Waals surface area contributed by atoms with Gasteiger partial charge in [0, 0.05) is 12.0 Å². The van der Waals surface area contributed by atoms with Crippen molar-refractivity contribution in [3.8, 4) is 0 Å². The largest absolute Gasteiger partial charge is 0.446 e. The van der Waals surface area contributed by atoms with Gasteiger partial charge in [-0.15, -0.1) is 6.58 Å². The van der Waals surface area contributed by atoms with Crippen molar-refractivity contribution in [2.75, 3.05) is 24.4 Å². The first-order valence-corrected chi connectivity index (χ1v) is 18.8. The number of anilines is 1. The SMILES string of the molecule is C=C[C@@H]1C[C@]1(NC(=O)[C@@H]1CN(c2cc(Cl)nc(SC)n2)CN1C(=O)[C@@H](NC(=O)OC1CCCC1)C(C)(C)C)C(=O)NS(=O)(=O)C1CC1. The average Bonchev–Trinajstić information content (AvgIpc) is 3.87. The van der Waals surface area contributed by atoms with Crippen molar-refractivity contribution in [2.24, 2.45) is 11.3 Å². The van der Waals surface area contributed by atoms with Gasteiger partial charge in [-0.05, 0) is 56.6 Å². The number of amides is 4. The molecule has 4 aliphatic rings. The van der Waals surface area contributed by atoms with Crippen LogP contribution in [0.1, 0.15) is 65.7 Å². The first-order valence-electron chi connectivity index (χ1n) is 15.7. The molecule has 4 amide bonds. The Hall–Kier alpha value is -3.11. The Balaban J connectivity index is 1.42. The quantitative estimate of drug-likeness (QED) is 0.133. The summed E-state index contributed by atoms with van der Waals surface area (Å²) in [5, 5.41) is 5.44. The number of carbonyl (C=O) groups excluding carboxylic acids is 4. The number of hydrogen-bond acceptors (Lipinski definition) is 11. The number of halogens is 1. The van der Waals surface area contributed by atoms with E-state index in [9.17, 15) is 27.6 Å². The van der Waals surface area contributed by atoms with Crippen molar-refractivity contribution in [1.82, 2.24) is 30.2 Å². The average molecular weight is 712 g/mol. The Morgan fingerprint density at radius 3 is 2.43 bits per heavy atom. The van der Waals surface area contributed by atoms with Gasteiger partial charge in [0.1, 0.15) is 34.7 Å². The number of ether oxygens (including phenoxy) is 1. The summed E-state index contributed by atoms with van der Waals surface area (Å²) in [6, 6.07) is -0.706. The molecule has 3 N–H and O–H groups in total. The highest BCUT2D eigenvalue weighted by Gasteiger charge is 2.62. The van der Waals surface area contributed by atoms with Crippen molar-refractivity contribution in [3.05, 3.63) is 23.9 Å². The predicted octanol–water partition coefficient (Wildman–Crippen LogP) is 2.58. The lowest BCUT2D eigenvalue weighted by molar-refractivity contribution is -0.142. The molecule has 14 nitrogen and oxygen atoms in total. The summed E-state index contributed by atoms with van der Waals surface area (Å²) in [5.74, 6) is -2.19. The Bertz CT molecular complexity index is 1540. The summed E-state index contributed by atoms with van der Waals surface area (Å²) in [4.78, 5) is 66.5. The second-order valence-corrected chi connectivity index (χ2v) is 16.8. The molecular formula is C30H42ClN7O7S2. The van der Waals surface area contributed by atoms with Crippen LogP contribution in [-0.4, -0.2) is 95.5 Å². The van der Waals surface area contributed by atoms with Gasteiger partial charge in [-0.3, -0.25) is 19.1 Å². The standard InChI is InChI=1S/C30H42ClN7O7S2/c1-6-17-14-30(17,26(41)36-47(43,44)19-11-12-19)35-24(39)20-15-37(22-13-21(31)32-27(33-22)46-5)16-38(20)25(40)23(29(2,3)4)34-28(42)45-18-9-7-8-10-18/h6,13,17-20,23H,1,7-12,14-16H2,2-5H3,(H,34,42)(H,35,39)(H,36,41)/t17-,20+,23-,30-/m1/s1. The lowest BCUT2D eigenvalue weighted by atomic mass is 9.85. The van der Waals surface area contributed by atoms with E-state index in [1.54, 1.807) is 31.9 Å². The highest BCUT2D eigenvalue weighted by atomic mass is 35.5. The molecule has 3 aliphatic carbocycles. The van der Waals surface area contributed by atoms with Crippen LogP contribution in [0.4, 0.5) is 10.6 Å². The molecule has 5 rings (SSSR count). The molecular weight excluding hydrogens is 670 g/mol. The first-order chi connectivity index (χ1) is 22.1. The number of sulfonamides is 1. The fourth-order valence-electron chi connectivity index (χ4n) is 6.04. The van der Waals surface area contributed by atoms with Crippen LogP contribution in [-0.2, 0) is 29.1 Å². The first kappa shape index (κ1) is 35.2. The van der Waals surface area contributed by atoms with E-state index >= 15 is 0 Å². The monoisotopic (exact) mass is 711 g/mol. The summed E-state index contributed by atoms with van der Waals surface area (Å²) in [7, 11) is -3.88. The molecule has 258 valence electrons. The molecule has 0 radical (unpaired) electrons. The Kier molecular flexibility index (Phi) is 10.1. The minimum Gasteiger partial charge on any atom is -0.446 e. The van der Waals surface area contributed by atoms with Gasteiger partial charge in [0.25, 0.3) is 5.91 Å². The molecule has 0 aromatic carbocycles. The smallest absolute Gasteiger partial charge is 0.408 e. The molecule has 1 aromatic rings. The van der Waals surface area contributed by atoms with Crippen LogP contribution >= 0.6 is 23.4 Å². The topological polar surface area (TPSA) is 180 Å². The summed E-state index contributed by atoms with van der Waals surface area (Å²) in [6.07, 6.45) is 6.86. The summed E-state index contributed by atoms with van der Waals surface area (Å²) >= 11 is 7.54. The lowest BCUT2D eigenvalue weighted by Gasteiger charge is -2.35. The van der Waals surface area contributed by atoms with Gasteiger partial charge in [0.2, 0.25) is 21.8 Å². The Morgan fingerprint density at radius 2 is 1.85 bits per heavy atom. The molecule has 4 atom stereocenters. The highest BCUT2D eigenvalue weighted by Crippen LogP contribution is 2.45. The number of aromatic nitrogens is 2. The van der Waals surface area contributed by atoms with Crippen molar-refractivity contribution in [3.63, 3.8) is 0 Å². The fraction of sp³-hybridized carbons (Fsp3) is 0.667.